The second-order valence-electron chi connectivity index (χ2n) is 13.6. The molecule has 2 aromatic carbocycles. The van der Waals surface area contributed by atoms with Gasteiger partial charge >= 0.3 is 0 Å². The molecule has 5 heterocycles. The average Bonchev–Trinajstić information content (AvgIpc) is 3.79. The maximum absolute atomic E-state index is 14.9. The fraction of sp³-hybridized carbons (Fsp3) is 0.474. The molecule has 48 heavy (non-hydrogen) atoms. The molecule has 0 bridgehead atoms. The Labute approximate surface area is 281 Å². The zero-order valence-electron chi connectivity index (χ0n) is 27.8. The summed E-state index contributed by atoms with van der Waals surface area (Å²) in [6, 6.07) is 16.4. The van der Waals surface area contributed by atoms with Crippen molar-refractivity contribution in [2.45, 2.75) is 69.9 Å². The SMILES string of the molecule is COc1ccc2[nH]c3c(c2c1)CCN1C(=O)C(CC(=O)NCCCn2ccnc2)C[C@H](C(=O)N2CCCCC2)[C@@]31CCc1ccccc1. The maximum Gasteiger partial charge on any atom is 0.228 e. The van der Waals surface area contributed by atoms with E-state index >= 15 is 0 Å². The second kappa shape index (κ2) is 13.9. The molecule has 0 saturated carbocycles. The van der Waals surface area contributed by atoms with Crippen LogP contribution in [0.1, 0.15) is 61.8 Å². The molecule has 252 valence electrons. The van der Waals surface area contributed by atoms with Gasteiger partial charge in [-0.25, -0.2) is 4.98 Å². The molecule has 10 nitrogen and oxygen atoms in total. The smallest absolute Gasteiger partial charge is 0.228 e. The normalized spacial score (nSPS) is 22.3. The number of benzene rings is 2. The molecule has 1 unspecified atom stereocenters. The molecular formula is C38H46N6O4. The Morgan fingerprint density at radius 1 is 1.08 bits per heavy atom. The highest BCUT2D eigenvalue weighted by atomic mass is 16.5. The van der Waals surface area contributed by atoms with Crippen molar-refractivity contribution in [3.63, 3.8) is 0 Å². The number of methoxy groups -OCH3 is 1. The van der Waals surface area contributed by atoms with Crippen LogP contribution in [0.3, 0.4) is 0 Å². The number of nitrogens with zero attached hydrogens (tertiary/aromatic N) is 4. The quantitative estimate of drug-likeness (QED) is 0.226. The third-order valence-electron chi connectivity index (χ3n) is 10.8. The molecule has 2 aromatic heterocycles. The van der Waals surface area contributed by atoms with Gasteiger partial charge in [-0.15, -0.1) is 0 Å². The van der Waals surface area contributed by atoms with Crippen LogP contribution in [0, 0.1) is 11.8 Å². The third-order valence-corrected chi connectivity index (χ3v) is 10.8. The van der Waals surface area contributed by atoms with Gasteiger partial charge in [0.05, 0.1) is 24.9 Å². The highest BCUT2D eigenvalue weighted by Crippen LogP contribution is 2.53. The Hall–Kier alpha value is -4.60. The van der Waals surface area contributed by atoms with Crippen LogP contribution in [-0.4, -0.2) is 75.3 Å². The number of aromatic amines is 1. The molecule has 0 aliphatic carbocycles. The van der Waals surface area contributed by atoms with E-state index in [9.17, 15) is 14.4 Å². The minimum atomic E-state index is -0.862. The molecule has 3 aliphatic rings. The second-order valence-corrected chi connectivity index (χ2v) is 13.6. The van der Waals surface area contributed by atoms with Crippen LogP contribution < -0.4 is 10.1 Å². The summed E-state index contributed by atoms with van der Waals surface area (Å²) in [7, 11) is 1.67. The van der Waals surface area contributed by atoms with Crippen LogP contribution in [0.5, 0.6) is 5.75 Å². The van der Waals surface area contributed by atoms with Crippen molar-refractivity contribution >= 4 is 28.6 Å². The molecule has 2 saturated heterocycles. The molecule has 3 aliphatic heterocycles. The molecule has 0 spiro atoms. The zero-order valence-corrected chi connectivity index (χ0v) is 27.8. The molecule has 4 aromatic rings. The standard InChI is InChI=1S/C38H46N6O4/c1-48-29-11-12-33-31(25-29)30-14-21-44-36(46)28(24-34(45)40-16-8-18-42-22-17-39-26-42)23-32(37(47)43-19-6-3-7-20-43)38(44,35(30)41-33)15-13-27-9-4-2-5-10-27/h2,4-5,9-12,17,22,25-26,28,32,41H,3,6-8,13-16,18-21,23-24H2,1H3,(H,40,45)/t28?,32-,38+/m1/s1. The van der Waals surface area contributed by atoms with Gasteiger partial charge in [-0.05, 0) is 80.7 Å². The number of imidazole rings is 1. The molecular weight excluding hydrogens is 604 g/mol. The van der Waals surface area contributed by atoms with E-state index in [1.54, 1.807) is 19.6 Å². The summed E-state index contributed by atoms with van der Waals surface area (Å²) in [6.07, 6.45) is 11.7. The number of amides is 3. The number of ether oxygens (including phenoxy) is 1. The summed E-state index contributed by atoms with van der Waals surface area (Å²) in [6.45, 7) is 3.23. The number of hydrogen-bond donors (Lipinski definition) is 2. The third kappa shape index (κ3) is 6.08. The van der Waals surface area contributed by atoms with Crippen LogP contribution in [0.15, 0.2) is 67.3 Å². The summed E-state index contributed by atoms with van der Waals surface area (Å²) in [4.78, 5) is 54.7. The number of hydrogen-bond acceptors (Lipinski definition) is 5. The van der Waals surface area contributed by atoms with Crippen LogP contribution in [0.25, 0.3) is 10.9 Å². The molecule has 0 radical (unpaired) electrons. The highest BCUT2D eigenvalue weighted by molar-refractivity contribution is 5.93. The van der Waals surface area contributed by atoms with E-state index in [0.717, 1.165) is 73.2 Å². The minimum Gasteiger partial charge on any atom is -0.497 e. The van der Waals surface area contributed by atoms with Crippen LogP contribution >= 0.6 is 0 Å². The predicted octanol–water partition coefficient (Wildman–Crippen LogP) is 4.83. The van der Waals surface area contributed by atoms with E-state index in [1.165, 1.54) is 5.56 Å². The van der Waals surface area contributed by atoms with Crippen molar-refractivity contribution in [2.24, 2.45) is 11.8 Å². The maximum atomic E-state index is 14.9. The molecule has 10 heteroatoms. The molecule has 2 fully saturated rings. The number of carbonyl (C=O) groups excluding carboxylic acids is 3. The first kappa shape index (κ1) is 32.0. The van der Waals surface area contributed by atoms with Crippen molar-refractivity contribution in [3.8, 4) is 5.75 Å². The number of rotatable bonds is 11. The number of nitrogens with one attached hydrogen (secondary N) is 2. The lowest BCUT2D eigenvalue weighted by atomic mass is 9.64. The van der Waals surface area contributed by atoms with Gasteiger partial charge in [0.25, 0.3) is 0 Å². The van der Waals surface area contributed by atoms with E-state index in [0.29, 0.717) is 38.8 Å². The Bertz CT molecular complexity index is 1750. The summed E-state index contributed by atoms with van der Waals surface area (Å²) in [5.41, 5.74) is 3.42. The van der Waals surface area contributed by atoms with Crippen molar-refractivity contribution in [1.82, 2.24) is 29.7 Å². The Kier molecular flexibility index (Phi) is 9.23. The first-order valence-corrected chi connectivity index (χ1v) is 17.5. The molecule has 3 amide bonds. The number of aryl methyl sites for hydroxylation is 2. The number of likely N-dealkylation sites (tertiary alicyclic amines) is 1. The Morgan fingerprint density at radius 2 is 1.92 bits per heavy atom. The number of fused-ring (bicyclic) bond motifs is 5. The Balaban J connectivity index is 1.24. The van der Waals surface area contributed by atoms with Gasteiger partial charge in [-0.2, -0.15) is 0 Å². The molecule has 7 rings (SSSR count). The summed E-state index contributed by atoms with van der Waals surface area (Å²) >= 11 is 0. The van der Waals surface area contributed by atoms with E-state index in [4.69, 9.17) is 4.74 Å². The fourth-order valence-corrected chi connectivity index (χ4v) is 8.44. The Morgan fingerprint density at radius 3 is 2.69 bits per heavy atom. The van der Waals surface area contributed by atoms with Gasteiger partial charge in [-0.1, -0.05) is 30.3 Å². The fourth-order valence-electron chi connectivity index (χ4n) is 8.44. The monoisotopic (exact) mass is 650 g/mol. The first-order valence-electron chi connectivity index (χ1n) is 17.5. The largest absolute Gasteiger partial charge is 0.497 e. The first-order chi connectivity index (χ1) is 23.5. The molecule has 3 atom stereocenters. The van der Waals surface area contributed by atoms with E-state index in [1.807, 2.05) is 50.9 Å². The average molecular weight is 651 g/mol. The summed E-state index contributed by atoms with van der Waals surface area (Å²) in [5, 5.41) is 4.12. The van der Waals surface area contributed by atoms with Gasteiger partial charge in [0.2, 0.25) is 17.7 Å². The number of aromatic nitrogens is 3. The number of H-pyrrole nitrogens is 1. The van der Waals surface area contributed by atoms with E-state index < -0.39 is 17.4 Å². The number of carbonyl (C=O) groups is 3. The van der Waals surface area contributed by atoms with Gasteiger partial charge in [0, 0.05) is 74.1 Å². The van der Waals surface area contributed by atoms with E-state index in [2.05, 4.69) is 33.5 Å². The van der Waals surface area contributed by atoms with E-state index in [-0.39, 0.29) is 24.1 Å². The summed E-state index contributed by atoms with van der Waals surface area (Å²) in [5.74, 6) is -0.327. The predicted molar refractivity (Wildman–Crippen MR) is 183 cm³/mol. The molecule has 2 N–H and O–H groups in total. The number of piperidine rings is 2. The zero-order chi connectivity index (χ0) is 33.1. The topological polar surface area (TPSA) is 113 Å². The van der Waals surface area contributed by atoms with Gasteiger partial charge < -0.3 is 29.4 Å². The van der Waals surface area contributed by atoms with Crippen molar-refractivity contribution in [1.29, 1.82) is 0 Å². The van der Waals surface area contributed by atoms with Gasteiger partial charge in [0.15, 0.2) is 0 Å². The van der Waals surface area contributed by atoms with Gasteiger partial charge in [-0.3, -0.25) is 14.4 Å². The highest BCUT2D eigenvalue weighted by Gasteiger charge is 2.59. The van der Waals surface area contributed by atoms with Crippen molar-refractivity contribution in [2.75, 3.05) is 33.3 Å². The van der Waals surface area contributed by atoms with Crippen LogP contribution in [0.4, 0.5) is 0 Å². The van der Waals surface area contributed by atoms with Gasteiger partial charge in [0.1, 0.15) is 5.75 Å². The lowest BCUT2D eigenvalue weighted by Gasteiger charge is -2.56. The van der Waals surface area contributed by atoms with Crippen molar-refractivity contribution < 1.29 is 19.1 Å². The lowest BCUT2D eigenvalue weighted by molar-refractivity contribution is -0.167. The van der Waals surface area contributed by atoms with Crippen LogP contribution in [0.2, 0.25) is 0 Å². The van der Waals surface area contributed by atoms with Crippen LogP contribution in [-0.2, 0) is 39.3 Å². The minimum absolute atomic E-state index is 0.0267. The van der Waals surface area contributed by atoms with Crippen molar-refractivity contribution in [3.05, 3.63) is 84.1 Å². The lowest BCUT2D eigenvalue weighted by Crippen LogP contribution is -2.66. The summed E-state index contributed by atoms with van der Waals surface area (Å²) < 4.78 is 7.58.